The summed E-state index contributed by atoms with van der Waals surface area (Å²) in [6.45, 7) is 0. The molecular formula is CF3O3SSe. The standard InChI is InChI=1S/CF3O3SSe/c2-1(3,4)8(5,6)7-9. The fourth-order valence-corrected chi connectivity index (χ4v) is 0.601. The van der Waals surface area contributed by atoms with Crippen LogP contribution >= 0.6 is 0 Å². The summed E-state index contributed by atoms with van der Waals surface area (Å²) in [5.74, 6) is 0. The number of alkyl halides is 3. The van der Waals surface area contributed by atoms with Crippen LogP contribution in [0.3, 0.4) is 0 Å². The molecule has 0 heterocycles. The number of hydrogen-bond acceptors (Lipinski definition) is 3. The van der Waals surface area contributed by atoms with E-state index in [4.69, 9.17) is 0 Å². The van der Waals surface area contributed by atoms with Gasteiger partial charge in [0.1, 0.15) is 0 Å². The van der Waals surface area contributed by atoms with E-state index in [0.717, 1.165) is 0 Å². The van der Waals surface area contributed by atoms with Gasteiger partial charge in [-0.2, -0.15) is 0 Å². The second-order valence-corrected chi connectivity index (χ2v) is 3.33. The van der Waals surface area contributed by atoms with Crippen molar-refractivity contribution >= 4 is 26.5 Å². The van der Waals surface area contributed by atoms with Crippen LogP contribution in [-0.2, 0) is 13.4 Å². The van der Waals surface area contributed by atoms with Crippen molar-refractivity contribution in [2.75, 3.05) is 0 Å². The molecule has 0 aromatic rings. The van der Waals surface area contributed by atoms with Gasteiger partial charge in [0, 0.05) is 0 Å². The zero-order valence-corrected chi connectivity index (χ0v) is 6.20. The number of halogens is 3. The van der Waals surface area contributed by atoms with Gasteiger partial charge >= 0.3 is 56.8 Å². The summed E-state index contributed by atoms with van der Waals surface area (Å²) in [5.41, 5.74) is -5.34. The van der Waals surface area contributed by atoms with Gasteiger partial charge in [0.15, 0.2) is 0 Å². The molecule has 0 unspecified atom stereocenters. The molecule has 0 aliphatic heterocycles. The van der Waals surface area contributed by atoms with Crippen LogP contribution in [0.15, 0.2) is 0 Å². The van der Waals surface area contributed by atoms with Crippen molar-refractivity contribution in [1.82, 2.24) is 0 Å². The molecule has 0 spiro atoms. The average molecular weight is 228 g/mol. The fraction of sp³-hybridized carbons (Fsp3) is 1.00. The first-order valence-corrected chi connectivity index (χ1v) is 3.55. The van der Waals surface area contributed by atoms with E-state index < -0.39 is 15.6 Å². The molecule has 0 aliphatic carbocycles. The zero-order valence-electron chi connectivity index (χ0n) is 3.68. The van der Waals surface area contributed by atoms with Crippen LogP contribution in [0.2, 0.25) is 0 Å². The topological polar surface area (TPSA) is 43.4 Å². The van der Waals surface area contributed by atoms with Gasteiger partial charge in [0.25, 0.3) is 0 Å². The molecule has 9 heavy (non-hydrogen) atoms. The first-order valence-electron chi connectivity index (χ1n) is 1.44. The van der Waals surface area contributed by atoms with Crippen LogP contribution in [0.5, 0.6) is 0 Å². The SMILES string of the molecule is O=S(=O)(O[Se])C(F)(F)F. The Bertz CT molecular complexity index is 180. The van der Waals surface area contributed by atoms with Crippen molar-refractivity contribution in [3.63, 3.8) is 0 Å². The maximum absolute atomic E-state index is 11.1. The Kier molecular flexibility index (Phi) is 2.51. The van der Waals surface area contributed by atoms with Gasteiger partial charge in [0.05, 0.1) is 0 Å². The molecule has 0 rings (SSSR count). The molecule has 0 saturated heterocycles. The summed E-state index contributed by atoms with van der Waals surface area (Å²) in [7, 11) is -5.39. The molecule has 0 atom stereocenters. The molecule has 55 valence electrons. The fourth-order valence-electron chi connectivity index (χ4n) is 0.0386. The Morgan fingerprint density at radius 2 is 1.67 bits per heavy atom. The summed E-state index contributed by atoms with van der Waals surface area (Å²) < 4.78 is 55.6. The second kappa shape index (κ2) is 2.45. The first-order chi connectivity index (χ1) is 3.81. The van der Waals surface area contributed by atoms with Crippen molar-refractivity contribution in [1.29, 1.82) is 0 Å². The Morgan fingerprint density at radius 3 is 1.67 bits per heavy atom. The van der Waals surface area contributed by atoms with E-state index in [0.29, 0.717) is 0 Å². The van der Waals surface area contributed by atoms with Crippen molar-refractivity contribution in [3.8, 4) is 0 Å². The first kappa shape index (κ1) is 9.22. The summed E-state index contributed by atoms with van der Waals surface area (Å²) in [4.78, 5) is 0. The number of rotatable bonds is 1. The van der Waals surface area contributed by atoms with E-state index in [1.165, 1.54) is 16.3 Å². The van der Waals surface area contributed by atoms with E-state index >= 15 is 0 Å². The Morgan fingerprint density at radius 1 is 1.33 bits per heavy atom. The third-order valence-electron chi connectivity index (χ3n) is 0.373. The molecule has 0 N–H and O–H groups in total. The van der Waals surface area contributed by atoms with Crippen LogP contribution in [0.4, 0.5) is 13.2 Å². The summed E-state index contributed by atoms with van der Waals surface area (Å²) >= 11 is 1.28. The molecule has 0 amide bonds. The molecule has 3 nitrogen and oxygen atoms in total. The number of hydrogen-bond donors (Lipinski definition) is 0. The van der Waals surface area contributed by atoms with Crippen molar-refractivity contribution in [3.05, 3.63) is 0 Å². The van der Waals surface area contributed by atoms with Crippen molar-refractivity contribution < 1.29 is 24.9 Å². The van der Waals surface area contributed by atoms with Gasteiger partial charge in [-0.15, -0.1) is 0 Å². The minimum absolute atomic E-state index is 1.28. The maximum atomic E-state index is 11.1. The Balaban J connectivity index is 4.57. The third kappa shape index (κ3) is 2.13. The van der Waals surface area contributed by atoms with Gasteiger partial charge in [-0.1, -0.05) is 0 Å². The molecule has 0 aromatic carbocycles. The van der Waals surface area contributed by atoms with Gasteiger partial charge < -0.3 is 0 Å². The van der Waals surface area contributed by atoms with E-state index in [1.807, 2.05) is 0 Å². The average Bonchev–Trinajstić information content (AvgIpc) is 1.64. The van der Waals surface area contributed by atoms with E-state index in [9.17, 15) is 21.6 Å². The monoisotopic (exact) mass is 229 g/mol. The molecule has 0 aromatic heterocycles. The Labute approximate surface area is 57.4 Å². The van der Waals surface area contributed by atoms with Crippen LogP contribution in [0.1, 0.15) is 0 Å². The normalized spacial score (nSPS) is 13.8. The molecular weight excluding hydrogens is 228 g/mol. The minimum atomic E-state index is -5.39. The second-order valence-electron chi connectivity index (χ2n) is 0.968. The van der Waals surface area contributed by atoms with Crippen LogP contribution in [-0.4, -0.2) is 30.3 Å². The van der Waals surface area contributed by atoms with Gasteiger partial charge in [0.2, 0.25) is 0 Å². The molecule has 0 bridgehead atoms. The van der Waals surface area contributed by atoms with E-state index in [-0.39, 0.29) is 0 Å². The van der Waals surface area contributed by atoms with Crippen molar-refractivity contribution in [2.24, 2.45) is 0 Å². The van der Waals surface area contributed by atoms with Gasteiger partial charge in [-0.05, 0) is 0 Å². The predicted molar refractivity (Wildman–Crippen MR) is 21.8 cm³/mol. The Hall–Kier alpha value is 0.219. The predicted octanol–water partition coefficient (Wildman–Crippen LogP) is -0.0639. The van der Waals surface area contributed by atoms with E-state index in [1.54, 1.807) is 0 Å². The molecule has 0 saturated carbocycles. The summed E-state index contributed by atoms with van der Waals surface area (Å²) in [5, 5.41) is 0. The summed E-state index contributed by atoms with van der Waals surface area (Å²) in [6.07, 6.45) is 0. The van der Waals surface area contributed by atoms with Crippen LogP contribution in [0.25, 0.3) is 0 Å². The van der Waals surface area contributed by atoms with Crippen LogP contribution in [0, 0.1) is 0 Å². The third-order valence-corrected chi connectivity index (χ3v) is 2.25. The van der Waals surface area contributed by atoms with Crippen molar-refractivity contribution in [2.45, 2.75) is 5.51 Å². The molecule has 1 radical (unpaired) electrons. The zero-order chi connectivity index (χ0) is 7.71. The molecule has 8 heteroatoms. The molecule has 0 fully saturated rings. The van der Waals surface area contributed by atoms with Crippen LogP contribution < -0.4 is 0 Å². The van der Waals surface area contributed by atoms with Gasteiger partial charge in [-0.3, -0.25) is 0 Å². The van der Waals surface area contributed by atoms with Gasteiger partial charge in [-0.25, -0.2) is 0 Å². The summed E-state index contributed by atoms with van der Waals surface area (Å²) in [6, 6.07) is 0. The quantitative estimate of drug-likeness (QED) is 0.466. The molecule has 0 aliphatic rings. The van der Waals surface area contributed by atoms with E-state index in [2.05, 4.69) is 3.27 Å².